The lowest BCUT2D eigenvalue weighted by atomic mass is 9.62. The minimum absolute atomic E-state index is 0.464. The average molecular weight is 220 g/mol. The van der Waals surface area contributed by atoms with Crippen LogP contribution in [-0.2, 0) is 0 Å². The second-order valence-electron chi connectivity index (χ2n) is 7.27. The van der Waals surface area contributed by atoms with Crippen LogP contribution in [0.1, 0.15) is 33.1 Å². The predicted octanol–water partition coefficient (Wildman–Crippen LogP) is 2.79. The van der Waals surface area contributed by atoms with Crippen LogP contribution in [0.25, 0.3) is 0 Å². The Morgan fingerprint density at radius 2 is 1.56 bits per heavy atom. The second kappa shape index (κ2) is 3.04. The van der Waals surface area contributed by atoms with E-state index < -0.39 is 0 Å². The summed E-state index contributed by atoms with van der Waals surface area (Å²) in [5.74, 6) is 8.70. The van der Waals surface area contributed by atoms with Crippen LogP contribution in [0.5, 0.6) is 0 Å². The number of hydrogen-bond donors (Lipinski definition) is 1. The molecular formula is C15H24O. The van der Waals surface area contributed by atoms with Gasteiger partial charge in [0, 0.05) is 6.61 Å². The monoisotopic (exact) mass is 220 g/mol. The minimum atomic E-state index is 0.464. The van der Waals surface area contributed by atoms with Crippen LogP contribution in [0.3, 0.4) is 0 Å². The molecule has 4 saturated carbocycles. The highest BCUT2D eigenvalue weighted by molar-refractivity contribution is 5.13. The maximum Gasteiger partial charge on any atom is 0.0462 e. The molecule has 9 unspecified atom stereocenters. The SMILES string of the molecule is CC1C(C)C2CC1C1C3CC(CO)C(C3)C21. The molecule has 9 atom stereocenters. The van der Waals surface area contributed by atoms with Crippen molar-refractivity contribution in [3.63, 3.8) is 0 Å². The van der Waals surface area contributed by atoms with Crippen molar-refractivity contribution >= 4 is 0 Å². The van der Waals surface area contributed by atoms with Crippen LogP contribution in [0.15, 0.2) is 0 Å². The summed E-state index contributed by atoms with van der Waals surface area (Å²) in [6.07, 6.45) is 4.35. The minimum Gasteiger partial charge on any atom is -0.396 e. The summed E-state index contributed by atoms with van der Waals surface area (Å²) in [5, 5.41) is 9.50. The van der Waals surface area contributed by atoms with Gasteiger partial charge in [0.1, 0.15) is 0 Å². The van der Waals surface area contributed by atoms with Gasteiger partial charge in [-0.2, -0.15) is 0 Å². The molecule has 0 spiro atoms. The summed E-state index contributed by atoms with van der Waals surface area (Å²) >= 11 is 0. The number of hydrogen-bond acceptors (Lipinski definition) is 1. The van der Waals surface area contributed by atoms with Gasteiger partial charge in [0.05, 0.1) is 0 Å². The van der Waals surface area contributed by atoms with Crippen molar-refractivity contribution in [3.05, 3.63) is 0 Å². The first kappa shape index (κ1) is 9.94. The topological polar surface area (TPSA) is 20.2 Å². The van der Waals surface area contributed by atoms with Crippen LogP contribution in [-0.4, -0.2) is 11.7 Å². The fourth-order valence-electron chi connectivity index (χ4n) is 6.57. The Balaban J connectivity index is 1.68. The number of aliphatic hydroxyl groups excluding tert-OH is 1. The normalized spacial score (nSPS) is 66.6. The third kappa shape index (κ3) is 0.939. The molecule has 1 heteroatoms. The molecule has 4 bridgehead atoms. The largest absolute Gasteiger partial charge is 0.396 e. The smallest absolute Gasteiger partial charge is 0.0462 e. The fraction of sp³-hybridized carbons (Fsp3) is 1.00. The van der Waals surface area contributed by atoms with Gasteiger partial charge in [-0.05, 0) is 72.5 Å². The van der Waals surface area contributed by atoms with E-state index >= 15 is 0 Å². The van der Waals surface area contributed by atoms with Crippen molar-refractivity contribution in [1.82, 2.24) is 0 Å². The van der Waals surface area contributed by atoms with E-state index in [1.807, 2.05) is 0 Å². The van der Waals surface area contributed by atoms with E-state index in [-0.39, 0.29) is 0 Å². The quantitative estimate of drug-likeness (QED) is 0.674. The zero-order valence-electron chi connectivity index (χ0n) is 10.5. The second-order valence-corrected chi connectivity index (χ2v) is 7.27. The van der Waals surface area contributed by atoms with Crippen molar-refractivity contribution in [2.75, 3.05) is 6.61 Å². The van der Waals surface area contributed by atoms with Crippen molar-refractivity contribution in [2.24, 2.45) is 53.3 Å². The van der Waals surface area contributed by atoms with Gasteiger partial charge in [-0.1, -0.05) is 13.8 Å². The van der Waals surface area contributed by atoms with Gasteiger partial charge in [0.2, 0.25) is 0 Å². The summed E-state index contributed by atoms with van der Waals surface area (Å²) in [7, 11) is 0. The van der Waals surface area contributed by atoms with Gasteiger partial charge >= 0.3 is 0 Å². The van der Waals surface area contributed by atoms with Gasteiger partial charge in [-0.25, -0.2) is 0 Å². The van der Waals surface area contributed by atoms with Gasteiger partial charge in [-0.15, -0.1) is 0 Å². The van der Waals surface area contributed by atoms with Crippen LogP contribution in [0.2, 0.25) is 0 Å². The molecule has 4 aliphatic carbocycles. The van der Waals surface area contributed by atoms with E-state index in [0.717, 1.165) is 47.3 Å². The highest BCUT2D eigenvalue weighted by atomic mass is 16.3. The van der Waals surface area contributed by atoms with Crippen LogP contribution < -0.4 is 0 Å². The molecule has 4 fully saturated rings. The van der Waals surface area contributed by atoms with Crippen molar-refractivity contribution < 1.29 is 5.11 Å². The third-order valence-electron chi connectivity index (χ3n) is 7.22. The molecule has 0 amide bonds. The van der Waals surface area contributed by atoms with Crippen molar-refractivity contribution in [1.29, 1.82) is 0 Å². The van der Waals surface area contributed by atoms with Crippen molar-refractivity contribution in [3.8, 4) is 0 Å². The molecule has 4 aliphatic rings. The standard InChI is InChI=1S/C15H24O/c1-7-8(2)12-5-11(7)14-9-3-10(6-16)13(4-9)15(12)14/h7-16H,3-6H2,1-2H3. The first-order chi connectivity index (χ1) is 7.72. The zero-order chi connectivity index (χ0) is 11.0. The molecule has 16 heavy (non-hydrogen) atoms. The molecule has 1 nitrogen and oxygen atoms in total. The fourth-order valence-corrected chi connectivity index (χ4v) is 6.57. The van der Waals surface area contributed by atoms with E-state index in [9.17, 15) is 5.11 Å². The number of aliphatic hydroxyl groups is 1. The lowest BCUT2D eigenvalue weighted by Gasteiger charge is -2.43. The van der Waals surface area contributed by atoms with E-state index in [1.54, 1.807) is 0 Å². The van der Waals surface area contributed by atoms with Crippen LogP contribution in [0, 0.1) is 53.3 Å². The molecule has 0 aromatic heterocycles. The predicted molar refractivity (Wildman–Crippen MR) is 63.7 cm³/mol. The molecule has 0 saturated heterocycles. The molecule has 0 aromatic carbocycles. The summed E-state index contributed by atoms with van der Waals surface area (Å²) in [5.41, 5.74) is 0. The Kier molecular flexibility index (Phi) is 1.89. The van der Waals surface area contributed by atoms with Crippen LogP contribution in [0.4, 0.5) is 0 Å². The zero-order valence-corrected chi connectivity index (χ0v) is 10.5. The summed E-state index contributed by atoms with van der Waals surface area (Å²) in [4.78, 5) is 0. The van der Waals surface area contributed by atoms with Gasteiger partial charge in [-0.3, -0.25) is 0 Å². The van der Waals surface area contributed by atoms with E-state index in [1.165, 1.54) is 19.3 Å². The lowest BCUT2D eigenvalue weighted by molar-refractivity contribution is 0.0293. The highest BCUT2D eigenvalue weighted by Crippen LogP contribution is 2.71. The first-order valence-electron chi connectivity index (χ1n) is 7.33. The summed E-state index contributed by atoms with van der Waals surface area (Å²) < 4.78 is 0. The first-order valence-corrected chi connectivity index (χ1v) is 7.33. The van der Waals surface area contributed by atoms with E-state index in [4.69, 9.17) is 0 Å². The Bertz CT molecular complexity index is 309. The molecule has 0 heterocycles. The Hall–Kier alpha value is -0.0400. The van der Waals surface area contributed by atoms with Gasteiger partial charge in [0.15, 0.2) is 0 Å². The van der Waals surface area contributed by atoms with Crippen LogP contribution >= 0.6 is 0 Å². The Morgan fingerprint density at radius 3 is 2.25 bits per heavy atom. The Morgan fingerprint density at radius 1 is 0.875 bits per heavy atom. The van der Waals surface area contributed by atoms with E-state index in [0.29, 0.717) is 12.5 Å². The maximum atomic E-state index is 9.50. The molecule has 90 valence electrons. The number of fused-ring (bicyclic) bond motifs is 9. The highest BCUT2D eigenvalue weighted by Gasteiger charge is 2.65. The molecule has 0 radical (unpaired) electrons. The maximum absolute atomic E-state index is 9.50. The molecule has 4 rings (SSSR count). The molecule has 1 N–H and O–H groups in total. The third-order valence-corrected chi connectivity index (χ3v) is 7.22. The van der Waals surface area contributed by atoms with E-state index in [2.05, 4.69) is 13.8 Å². The van der Waals surface area contributed by atoms with Gasteiger partial charge in [0.25, 0.3) is 0 Å². The Labute approximate surface area is 98.6 Å². The number of rotatable bonds is 1. The summed E-state index contributed by atoms with van der Waals surface area (Å²) in [6, 6.07) is 0. The summed E-state index contributed by atoms with van der Waals surface area (Å²) in [6.45, 7) is 5.46. The molecule has 0 aromatic rings. The molecule has 0 aliphatic heterocycles. The average Bonchev–Trinajstić information content (AvgIpc) is 2.98. The lowest BCUT2D eigenvalue weighted by Crippen LogP contribution is -2.39. The van der Waals surface area contributed by atoms with Crippen molar-refractivity contribution in [2.45, 2.75) is 33.1 Å². The van der Waals surface area contributed by atoms with Gasteiger partial charge < -0.3 is 5.11 Å². The molecular weight excluding hydrogens is 196 g/mol.